The van der Waals surface area contributed by atoms with E-state index in [4.69, 9.17) is 39.6 Å². The quantitative estimate of drug-likeness (QED) is 0.270. The average Bonchev–Trinajstić information content (AvgIpc) is 2.25. The summed E-state index contributed by atoms with van der Waals surface area (Å²) in [4.78, 5) is 24.1. The van der Waals surface area contributed by atoms with E-state index in [1.54, 1.807) is 0 Å². The molecule has 1 aromatic rings. The van der Waals surface area contributed by atoms with E-state index in [0.717, 1.165) is 0 Å². The van der Waals surface area contributed by atoms with Crippen LogP contribution in [0.1, 0.15) is 10.4 Å². The van der Waals surface area contributed by atoms with Gasteiger partial charge in [0.25, 0.3) is 5.78 Å². The Morgan fingerprint density at radius 1 is 1.37 bits per heavy atom. The highest BCUT2D eigenvalue weighted by atomic mass is 35.5. The normalized spacial score (nSPS) is 9.79. The van der Waals surface area contributed by atoms with Crippen molar-refractivity contribution in [2.75, 3.05) is 0 Å². The monoisotopic (exact) mass is 308 g/mol. The molecule has 19 heavy (non-hydrogen) atoms. The molecule has 0 bridgehead atoms. The smallest absolute Gasteiger partial charge is 0.397 e. The molecule has 0 atom stereocenters. The number of nitrogens with zero attached hydrogens (tertiary/aromatic N) is 2. The number of ketones is 1. The first-order valence-corrected chi connectivity index (χ1v) is 5.91. The Labute approximate surface area is 111 Å². The number of benzene rings is 1. The van der Waals surface area contributed by atoms with Gasteiger partial charge in [0.1, 0.15) is 5.56 Å². The van der Waals surface area contributed by atoms with Gasteiger partial charge in [-0.2, -0.15) is 0 Å². The van der Waals surface area contributed by atoms with Gasteiger partial charge in [-0.15, -0.1) is 0 Å². The fraction of sp³-hybridized carbons (Fsp3) is 0. The van der Waals surface area contributed by atoms with Gasteiger partial charge in [0.2, 0.25) is 15.8 Å². The Bertz CT molecular complexity index is 642. The van der Waals surface area contributed by atoms with Crippen molar-refractivity contribution in [3.05, 3.63) is 33.8 Å². The maximum absolute atomic E-state index is 11.0. The van der Waals surface area contributed by atoms with E-state index in [1.165, 1.54) is 18.2 Å². The van der Waals surface area contributed by atoms with E-state index in [2.05, 4.69) is 4.98 Å². The number of halogens is 1. The van der Waals surface area contributed by atoms with Crippen LogP contribution in [0.15, 0.2) is 18.2 Å². The lowest BCUT2D eigenvalue weighted by atomic mass is 10.1. The van der Waals surface area contributed by atoms with E-state index in [0.29, 0.717) is 0 Å². The van der Waals surface area contributed by atoms with E-state index in [9.17, 15) is 9.59 Å². The number of rotatable bonds is 2. The van der Waals surface area contributed by atoms with Crippen molar-refractivity contribution < 1.29 is 32.2 Å². The number of diazo groups is 1. The molecule has 0 radical (unpaired) electrons. The molecule has 2 N–H and O–H groups in total. The first kappa shape index (κ1) is 16.9. The van der Waals surface area contributed by atoms with Crippen molar-refractivity contribution in [1.82, 2.24) is 0 Å². The molecule has 0 aliphatic heterocycles. The maximum Gasteiger partial charge on any atom is 0.397 e. The van der Waals surface area contributed by atoms with Crippen LogP contribution in [-0.4, -0.2) is 34.4 Å². The third kappa shape index (κ3) is 7.06. The molecule has 9 nitrogen and oxygen atoms in total. The lowest BCUT2D eigenvalue weighted by molar-refractivity contribution is -0.131. The number of carbonyl (C=O) groups is 2. The molecule has 102 valence electrons. The van der Waals surface area contributed by atoms with Crippen molar-refractivity contribution in [3.8, 4) is 0 Å². The SMILES string of the molecule is N#[N+]c1cc(Cl)ccc1C(=O)C(=O)O.O=S(=O)([O-])O. The highest BCUT2D eigenvalue weighted by Gasteiger charge is 2.25. The minimum Gasteiger partial charge on any atom is -0.726 e. The van der Waals surface area contributed by atoms with Crippen LogP contribution in [0.3, 0.4) is 0 Å². The molecule has 0 amide bonds. The van der Waals surface area contributed by atoms with Crippen LogP contribution in [0.2, 0.25) is 5.02 Å². The van der Waals surface area contributed by atoms with Crippen LogP contribution in [0, 0.1) is 5.39 Å². The number of hydrogen-bond acceptors (Lipinski definition) is 6. The van der Waals surface area contributed by atoms with Gasteiger partial charge in [0, 0.05) is 5.02 Å². The minimum atomic E-state index is -4.92. The average molecular weight is 309 g/mol. The Morgan fingerprint density at radius 3 is 2.21 bits per heavy atom. The number of carboxylic acid groups (broad SMARTS) is 1. The number of aliphatic carboxylic acids is 1. The summed E-state index contributed by atoms with van der Waals surface area (Å²) in [5, 5.41) is 17.2. The van der Waals surface area contributed by atoms with Crippen LogP contribution >= 0.6 is 11.6 Å². The third-order valence-corrected chi connectivity index (χ3v) is 1.74. The molecule has 1 aromatic carbocycles. The van der Waals surface area contributed by atoms with Gasteiger partial charge >= 0.3 is 11.7 Å². The Balaban J connectivity index is 0.000000555. The zero-order chi connectivity index (χ0) is 15.2. The second kappa shape index (κ2) is 6.76. The van der Waals surface area contributed by atoms with Gasteiger partial charge in [0.15, 0.2) is 4.98 Å². The third-order valence-electron chi connectivity index (χ3n) is 1.51. The van der Waals surface area contributed by atoms with Crippen molar-refractivity contribution >= 4 is 39.4 Å². The van der Waals surface area contributed by atoms with Gasteiger partial charge in [-0.1, -0.05) is 11.6 Å². The molecule has 0 aromatic heterocycles. The van der Waals surface area contributed by atoms with Crippen LogP contribution in [-0.2, 0) is 15.2 Å². The summed E-state index contributed by atoms with van der Waals surface area (Å²) in [6.45, 7) is 0. The van der Waals surface area contributed by atoms with Gasteiger partial charge in [-0.3, -0.25) is 9.35 Å². The summed E-state index contributed by atoms with van der Waals surface area (Å²) in [6, 6.07) is 3.72. The molecular formula is C8H5ClN2O7S. The molecule has 0 saturated carbocycles. The predicted molar refractivity (Wildman–Crippen MR) is 60.5 cm³/mol. The summed E-state index contributed by atoms with van der Waals surface area (Å²) in [5.41, 5.74) is -0.366. The van der Waals surface area contributed by atoms with Gasteiger partial charge in [-0.25, -0.2) is 13.2 Å². The number of carbonyl (C=O) groups excluding carboxylic acids is 1. The summed E-state index contributed by atoms with van der Waals surface area (Å²) in [5.74, 6) is -2.76. The summed E-state index contributed by atoms with van der Waals surface area (Å²) < 4.78 is 32.8. The van der Waals surface area contributed by atoms with E-state index in [1.807, 2.05) is 0 Å². The lowest BCUT2D eigenvalue weighted by Crippen LogP contribution is -2.12. The predicted octanol–water partition coefficient (Wildman–Crippen LogP) is 1.10. The second-order valence-corrected chi connectivity index (χ2v) is 4.12. The molecule has 0 aliphatic rings. The summed E-state index contributed by atoms with van der Waals surface area (Å²) in [7, 11) is -4.92. The Hall–Kier alpha value is -2.06. The van der Waals surface area contributed by atoms with Crippen LogP contribution in [0.25, 0.3) is 4.98 Å². The Morgan fingerprint density at radius 2 is 1.84 bits per heavy atom. The van der Waals surface area contributed by atoms with Gasteiger partial charge in [0.05, 0.1) is 6.07 Å². The van der Waals surface area contributed by atoms with E-state index in [-0.39, 0.29) is 16.3 Å². The maximum atomic E-state index is 11.0. The zero-order valence-corrected chi connectivity index (χ0v) is 10.4. The van der Waals surface area contributed by atoms with Crippen LogP contribution in [0.4, 0.5) is 5.69 Å². The highest BCUT2D eigenvalue weighted by molar-refractivity contribution is 7.79. The lowest BCUT2D eigenvalue weighted by Gasteiger charge is -1.92. The first-order valence-electron chi connectivity index (χ1n) is 4.17. The molecule has 0 saturated heterocycles. The number of hydrogen-bond donors (Lipinski definition) is 2. The topological polar surface area (TPSA) is 160 Å². The van der Waals surface area contributed by atoms with Gasteiger partial charge in [-0.05, 0) is 12.1 Å². The van der Waals surface area contributed by atoms with Gasteiger partial charge < -0.3 is 9.66 Å². The largest absolute Gasteiger partial charge is 0.726 e. The second-order valence-electron chi connectivity index (χ2n) is 2.82. The number of Topliss-reactive ketones (excluding diaryl/α,β-unsaturated/α-hetero) is 1. The number of carboxylic acids is 1. The molecule has 0 heterocycles. The van der Waals surface area contributed by atoms with Crippen molar-refractivity contribution in [3.63, 3.8) is 0 Å². The molecule has 1 rings (SSSR count). The fourth-order valence-electron chi connectivity index (χ4n) is 0.895. The molecule has 0 aliphatic carbocycles. The first-order chi connectivity index (χ1) is 8.56. The summed E-state index contributed by atoms with van der Waals surface area (Å²) in [6.07, 6.45) is 0. The van der Waals surface area contributed by atoms with Crippen LogP contribution < -0.4 is 0 Å². The minimum absolute atomic E-state index is 0.162. The highest BCUT2D eigenvalue weighted by Crippen LogP contribution is 2.24. The molecular weight excluding hydrogens is 304 g/mol. The summed E-state index contributed by atoms with van der Waals surface area (Å²) >= 11 is 5.55. The Kier molecular flexibility index (Phi) is 6.03. The van der Waals surface area contributed by atoms with Crippen molar-refractivity contribution in [1.29, 1.82) is 5.39 Å². The zero-order valence-electron chi connectivity index (χ0n) is 8.85. The van der Waals surface area contributed by atoms with Crippen molar-refractivity contribution in [2.45, 2.75) is 0 Å². The van der Waals surface area contributed by atoms with Crippen LogP contribution in [0.5, 0.6) is 0 Å². The molecule has 0 spiro atoms. The fourth-order valence-corrected chi connectivity index (χ4v) is 1.06. The van der Waals surface area contributed by atoms with Crippen molar-refractivity contribution in [2.24, 2.45) is 0 Å². The molecule has 0 unspecified atom stereocenters. The van der Waals surface area contributed by atoms with E-state index < -0.39 is 22.2 Å². The van der Waals surface area contributed by atoms with E-state index >= 15 is 0 Å². The standard InChI is InChI=1S/C8H3ClN2O3.H2O4S/c9-4-1-2-5(6(3-4)11-10)7(12)8(13)14;1-5(2,3)4/h1-3H;(H2,1,2,3,4). The molecule has 11 heteroatoms. The molecule has 0 fully saturated rings.